The quantitative estimate of drug-likeness (QED) is 0.847. The number of nitrogens with one attached hydrogen (secondary N) is 1. The molecule has 0 spiro atoms. The highest BCUT2D eigenvalue weighted by Crippen LogP contribution is 2.32. The molecule has 1 fully saturated rings. The van der Waals surface area contributed by atoms with Crippen LogP contribution in [0.25, 0.3) is 0 Å². The third kappa shape index (κ3) is 2.49. The van der Waals surface area contributed by atoms with Crippen molar-refractivity contribution in [2.24, 2.45) is 0 Å². The van der Waals surface area contributed by atoms with Crippen LogP contribution in [-0.4, -0.2) is 16.8 Å². The first-order valence-corrected chi connectivity index (χ1v) is 8.10. The smallest absolute Gasteiger partial charge is 0.319 e. The molecule has 3 amide bonds. The third-order valence-electron chi connectivity index (χ3n) is 3.52. The standard InChI is InChI=1S/C15H13BrN2O2S/c1-15(12-6-3-7-21-12)13(19)18(14(20)17-15)9-10-4-2-5-11(16)8-10/h2-8H,9H2,1H3,(H,17,20). The van der Waals surface area contributed by atoms with Crippen molar-refractivity contribution in [2.75, 3.05) is 0 Å². The van der Waals surface area contributed by atoms with Crippen LogP contribution < -0.4 is 5.32 Å². The Morgan fingerprint density at radius 3 is 2.76 bits per heavy atom. The Balaban J connectivity index is 1.88. The summed E-state index contributed by atoms with van der Waals surface area (Å²) in [6.45, 7) is 2.02. The maximum atomic E-state index is 12.7. The van der Waals surface area contributed by atoms with Crippen molar-refractivity contribution in [1.29, 1.82) is 0 Å². The van der Waals surface area contributed by atoms with Crippen molar-refractivity contribution in [3.63, 3.8) is 0 Å². The highest BCUT2D eigenvalue weighted by atomic mass is 79.9. The molecule has 0 saturated carbocycles. The molecule has 6 heteroatoms. The first-order chi connectivity index (χ1) is 10.0. The molecule has 0 radical (unpaired) electrons. The van der Waals surface area contributed by atoms with E-state index in [-0.39, 0.29) is 18.5 Å². The van der Waals surface area contributed by atoms with Crippen LogP contribution in [0.5, 0.6) is 0 Å². The Hall–Kier alpha value is -1.66. The van der Waals surface area contributed by atoms with E-state index >= 15 is 0 Å². The van der Waals surface area contributed by atoms with Gasteiger partial charge in [0.05, 0.1) is 6.54 Å². The van der Waals surface area contributed by atoms with Gasteiger partial charge in [0.25, 0.3) is 5.91 Å². The molecule has 0 aliphatic carbocycles. The molecule has 2 aromatic rings. The zero-order valence-corrected chi connectivity index (χ0v) is 13.7. The highest BCUT2D eigenvalue weighted by Gasteiger charge is 2.49. The van der Waals surface area contributed by atoms with Gasteiger partial charge in [0.2, 0.25) is 0 Å². The Bertz CT molecular complexity index is 701. The van der Waals surface area contributed by atoms with Gasteiger partial charge in [-0.3, -0.25) is 9.69 Å². The first kappa shape index (κ1) is 14.3. The molecule has 21 heavy (non-hydrogen) atoms. The van der Waals surface area contributed by atoms with Gasteiger partial charge in [-0.05, 0) is 36.1 Å². The molecule has 1 unspecified atom stereocenters. The van der Waals surface area contributed by atoms with E-state index in [4.69, 9.17) is 0 Å². The van der Waals surface area contributed by atoms with E-state index in [2.05, 4.69) is 21.2 Å². The number of amides is 3. The second kappa shape index (κ2) is 5.27. The molecule has 108 valence electrons. The number of thiophene rings is 1. The fraction of sp³-hybridized carbons (Fsp3) is 0.200. The lowest BCUT2D eigenvalue weighted by Gasteiger charge is -2.20. The van der Waals surface area contributed by atoms with Gasteiger partial charge in [0.15, 0.2) is 5.54 Å². The van der Waals surface area contributed by atoms with Gasteiger partial charge in [-0.25, -0.2) is 4.79 Å². The fourth-order valence-electron chi connectivity index (χ4n) is 2.39. The molecule has 1 saturated heterocycles. The predicted molar refractivity (Wildman–Crippen MR) is 84.9 cm³/mol. The number of hydrogen-bond acceptors (Lipinski definition) is 3. The average Bonchev–Trinajstić information content (AvgIpc) is 3.04. The Labute approximate surface area is 134 Å². The van der Waals surface area contributed by atoms with Crippen molar-refractivity contribution in [1.82, 2.24) is 10.2 Å². The second-order valence-corrected chi connectivity index (χ2v) is 6.92. The van der Waals surface area contributed by atoms with Crippen LogP contribution in [0.15, 0.2) is 46.3 Å². The number of halogens is 1. The van der Waals surface area contributed by atoms with Crippen molar-refractivity contribution in [2.45, 2.75) is 19.0 Å². The van der Waals surface area contributed by atoms with Crippen molar-refractivity contribution < 1.29 is 9.59 Å². The lowest BCUT2D eigenvalue weighted by atomic mass is 10.0. The summed E-state index contributed by atoms with van der Waals surface area (Å²) in [5.41, 5.74) is -0.0552. The van der Waals surface area contributed by atoms with E-state index in [1.54, 1.807) is 6.92 Å². The van der Waals surface area contributed by atoms with Crippen molar-refractivity contribution in [3.8, 4) is 0 Å². The van der Waals surface area contributed by atoms with Crippen LogP contribution in [0.3, 0.4) is 0 Å². The normalized spacial score (nSPS) is 21.7. The van der Waals surface area contributed by atoms with Gasteiger partial charge in [0, 0.05) is 9.35 Å². The minimum absolute atomic E-state index is 0.213. The van der Waals surface area contributed by atoms with Crippen LogP contribution >= 0.6 is 27.3 Å². The zero-order valence-electron chi connectivity index (χ0n) is 11.3. The Morgan fingerprint density at radius 2 is 2.10 bits per heavy atom. The van der Waals surface area contributed by atoms with E-state index in [1.807, 2.05) is 41.8 Å². The number of carbonyl (C=O) groups is 2. The van der Waals surface area contributed by atoms with Crippen molar-refractivity contribution in [3.05, 3.63) is 56.7 Å². The molecule has 1 aliphatic heterocycles. The Kier molecular flexibility index (Phi) is 3.59. The molecule has 1 N–H and O–H groups in total. The van der Waals surface area contributed by atoms with Crippen LogP contribution in [-0.2, 0) is 16.9 Å². The largest absolute Gasteiger partial charge is 0.325 e. The van der Waals surface area contributed by atoms with E-state index < -0.39 is 5.54 Å². The molecular formula is C15H13BrN2O2S. The van der Waals surface area contributed by atoms with Gasteiger partial charge in [-0.1, -0.05) is 34.1 Å². The summed E-state index contributed by atoms with van der Waals surface area (Å²) < 4.78 is 0.924. The molecule has 1 aromatic heterocycles. The molecule has 0 bridgehead atoms. The van der Waals surface area contributed by atoms with Gasteiger partial charge in [-0.2, -0.15) is 0 Å². The molecule has 1 aromatic carbocycles. The summed E-state index contributed by atoms with van der Waals surface area (Å²) in [7, 11) is 0. The van der Waals surface area contributed by atoms with Crippen LogP contribution in [0.1, 0.15) is 17.4 Å². The average molecular weight is 365 g/mol. The molecular weight excluding hydrogens is 352 g/mol. The van der Waals surface area contributed by atoms with Gasteiger partial charge < -0.3 is 5.32 Å². The van der Waals surface area contributed by atoms with Crippen LogP contribution in [0, 0.1) is 0 Å². The SMILES string of the molecule is CC1(c2cccs2)NC(=O)N(Cc2cccc(Br)c2)C1=O. The van der Waals surface area contributed by atoms with Crippen LogP contribution in [0.2, 0.25) is 0 Å². The lowest BCUT2D eigenvalue weighted by Crippen LogP contribution is -2.40. The second-order valence-electron chi connectivity index (χ2n) is 5.05. The molecule has 4 nitrogen and oxygen atoms in total. The lowest BCUT2D eigenvalue weighted by molar-refractivity contribution is -0.131. The summed E-state index contributed by atoms with van der Waals surface area (Å²) in [6.07, 6.45) is 0. The maximum Gasteiger partial charge on any atom is 0.325 e. The fourth-order valence-corrected chi connectivity index (χ4v) is 3.67. The number of carbonyl (C=O) groups excluding carboxylic acids is 2. The monoisotopic (exact) mass is 364 g/mol. The minimum Gasteiger partial charge on any atom is -0.319 e. The van der Waals surface area contributed by atoms with Gasteiger partial charge in [-0.15, -0.1) is 11.3 Å². The summed E-state index contributed by atoms with van der Waals surface area (Å²) in [5, 5.41) is 4.70. The molecule has 3 rings (SSSR count). The predicted octanol–water partition coefficient (Wildman–Crippen LogP) is 3.48. The van der Waals surface area contributed by atoms with E-state index in [1.165, 1.54) is 16.2 Å². The zero-order chi connectivity index (χ0) is 15.0. The number of hydrogen-bond donors (Lipinski definition) is 1. The minimum atomic E-state index is -0.961. The topological polar surface area (TPSA) is 49.4 Å². The van der Waals surface area contributed by atoms with Crippen LogP contribution in [0.4, 0.5) is 4.79 Å². The first-order valence-electron chi connectivity index (χ1n) is 6.43. The number of benzene rings is 1. The van der Waals surface area contributed by atoms with E-state index in [0.29, 0.717) is 0 Å². The number of imide groups is 1. The third-order valence-corrected chi connectivity index (χ3v) is 5.10. The van der Waals surface area contributed by atoms with Crippen molar-refractivity contribution >= 4 is 39.2 Å². The van der Waals surface area contributed by atoms with Gasteiger partial charge >= 0.3 is 6.03 Å². The number of urea groups is 1. The summed E-state index contributed by atoms with van der Waals surface area (Å²) in [5.74, 6) is -0.213. The number of nitrogens with zero attached hydrogens (tertiary/aromatic N) is 1. The molecule has 2 heterocycles. The Morgan fingerprint density at radius 1 is 1.29 bits per heavy atom. The number of rotatable bonds is 3. The van der Waals surface area contributed by atoms with E-state index in [0.717, 1.165) is 14.9 Å². The highest BCUT2D eigenvalue weighted by molar-refractivity contribution is 9.10. The molecule has 1 atom stereocenters. The summed E-state index contributed by atoms with van der Waals surface area (Å²) >= 11 is 4.86. The maximum absolute atomic E-state index is 12.7. The van der Waals surface area contributed by atoms with Gasteiger partial charge in [0.1, 0.15) is 0 Å². The summed E-state index contributed by atoms with van der Waals surface area (Å²) in [6, 6.07) is 11.0. The molecule has 1 aliphatic rings. The summed E-state index contributed by atoms with van der Waals surface area (Å²) in [4.78, 5) is 26.9. The van der Waals surface area contributed by atoms with E-state index in [9.17, 15) is 9.59 Å².